The minimum absolute atomic E-state index is 0.650. The molecule has 0 unspecified atom stereocenters. The van der Waals surface area contributed by atoms with Crippen LogP contribution < -0.4 is 0 Å². The molecule has 0 aliphatic heterocycles. The SMILES string of the molecule is C=C(C)[CH]C(C)C. The molecule has 0 aromatic carbocycles. The van der Waals surface area contributed by atoms with E-state index in [1.807, 2.05) is 6.92 Å². The maximum atomic E-state index is 3.74. The fraction of sp³-hybridized carbons (Fsp3) is 0.571. The summed E-state index contributed by atoms with van der Waals surface area (Å²) in [6, 6.07) is 0. The Balaban J connectivity index is 3.13. The second kappa shape index (κ2) is 2.84. The van der Waals surface area contributed by atoms with Gasteiger partial charge >= 0.3 is 0 Å². The van der Waals surface area contributed by atoms with Crippen LogP contribution in [0.3, 0.4) is 0 Å². The molecule has 0 fully saturated rings. The Morgan fingerprint density at radius 2 is 2.00 bits per heavy atom. The highest BCUT2D eigenvalue weighted by Gasteiger charge is 1.90. The molecule has 1 radical (unpaired) electrons. The molecule has 0 heteroatoms. The van der Waals surface area contributed by atoms with E-state index in [-0.39, 0.29) is 0 Å². The van der Waals surface area contributed by atoms with E-state index >= 15 is 0 Å². The average molecular weight is 97.2 g/mol. The van der Waals surface area contributed by atoms with Crippen molar-refractivity contribution in [3.63, 3.8) is 0 Å². The van der Waals surface area contributed by atoms with Crippen molar-refractivity contribution in [2.75, 3.05) is 0 Å². The molecule has 0 atom stereocenters. The van der Waals surface area contributed by atoms with Gasteiger partial charge in [0.2, 0.25) is 0 Å². The molecule has 0 heterocycles. The third kappa shape index (κ3) is 5.74. The third-order valence-corrected chi connectivity index (χ3v) is 0.618. The highest BCUT2D eigenvalue weighted by Crippen LogP contribution is 2.04. The van der Waals surface area contributed by atoms with Crippen molar-refractivity contribution >= 4 is 0 Å². The van der Waals surface area contributed by atoms with E-state index in [2.05, 4.69) is 26.8 Å². The van der Waals surface area contributed by atoms with Gasteiger partial charge in [-0.3, -0.25) is 0 Å². The van der Waals surface area contributed by atoms with Crippen LogP contribution in [0.5, 0.6) is 0 Å². The zero-order chi connectivity index (χ0) is 5.86. The Hall–Kier alpha value is -0.260. The molecule has 0 amide bonds. The minimum atomic E-state index is 0.650. The van der Waals surface area contributed by atoms with Crippen LogP contribution in [0.4, 0.5) is 0 Å². The topological polar surface area (TPSA) is 0 Å². The van der Waals surface area contributed by atoms with E-state index in [0.717, 1.165) is 5.57 Å². The van der Waals surface area contributed by atoms with Gasteiger partial charge in [-0.2, -0.15) is 0 Å². The first kappa shape index (κ1) is 6.74. The van der Waals surface area contributed by atoms with Gasteiger partial charge in [0.05, 0.1) is 0 Å². The standard InChI is InChI=1S/C7H13/c1-6(2)5-7(3)4/h5,7H,1H2,2-4H3. The number of hydrogen-bond donors (Lipinski definition) is 0. The van der Waals surface area contributed by atoms with E-state index in [1.54, 1.807) is 0 Å². The second-order valence-electron chi connectivity index (χ2n) is 2.26. The summed E-state index contributed by atoms with van der Waals surface area (Å²) in [5.41, 5.74) is 1.16. The monoisotopic (exact) mass is 97.1 g/mol. The van der Waals surface area contributed by atoms with Crippen LogP contribution >= 0.6 is 0 Å². The van der Waals surface area contributed by atoms with Gasteiger partial charge in [0.15, 0.2) is 0 Å². The van der Waals surface area contributed by atoms with Crippen molar-refractivity contribution < 1.29 is 0 Å². The van der Waals surface area contributed by atoms with E-state index in [1.165, 1.54) is 0 Å². The molecule has 0 aromatic rings. The van der Waals surface area contributed by atoms with Gasteiger partial charge in [0.1, 0.15) is 0 Å². The molecule has 7 heavy (non-hydrogen) atoms. The lowest BCUT2D eigenvalue weighted by Crippen LogP contribution is -1.86. The first-order chi connectivity index (χ1) is 3.13. The van der Waals surface area contributed by atoms with Crippen LogP contribution in [-0.4, -0.2) is 0 Å². The molecule has 0 aliphatic carbocycles. The van der Waals surface area contributed by atoms with Gasteiger partial charge in [-0.15, -0.1) is 0 Å². The minimum Gasteiger partial charge on any atom is -0.0998 e. The largest absolute Gasteiger partial charge is 0.0998 e. The average Bonchev–Trinajstić information content (AvgIpc) is 1.27. The maximum absolute atomic E-state index is 3.74. The fourth-order valence-corrected chi connectivity index (χ4v) is 0.569. The number of rotatable bonds is 2. The third-order valence-electron chi connectivity index (χ3n) is 0.618. The second-order valence-corrected chi connectivity index (χ2v) is 2.26. The molecule has 41 valence electrons. The summed E-state index contributed by atoms with van der Waals surface area (Å²) in [6.07, 6.45) is 2.14. The Kier molecular flexibility index (Phi) is 2.73. The highest BCUT2D eigenvalue weighted by atomic mass is 14.0. The van der Waals surface area contributed by atoms with Crippen molar-refractivity contribution in [1.82, 2.24) is 0 Å². The van der Waals surface area contributed by atoms with Crippen LogP contribution in [0.1, 0.15) is 20.8 Å². The zero-order valence-corrected chi connectivity index (χ0v) is 5.36. The lowest BCUT2D eigenvalue weighted by molar-refractivity contribution is 0.772. The summed E-state index contributed by atoms with van der Waals surface area (Å²) in [5, 5.41) is 0. The molecule has 0 rings (SSSR count). The Bertz CT molecular complexity index is 60.4. The summed E-state index contributed by atoms with van der Waals surface area (Å²) in [5.74, 6) is 0.650. The van der Waals surface area contributed by atoms with Gasteiger partial charge < -0.3 is 0 Å². The summed E-state index contributed by atoms with van der Waals surface area (Å²) < 4.78 is 0. The smallest absolute Gasteiger partial charge is 0.0118 e. The van der Waals surface area contributed by atoms with E-state index < -0.39 is 0 Å². The normalized spacial score (nSPS) is 9.71. The van der Waals surface area contributed by atoms with Gasteiger partial charge in [-0.25, -0.2) is 0 Å². The summed E-state index contributed by atoms with van der Waals surface area (Å²) >= 11 is 0. The molecule has 0 aromatic heterocycles. The lowest BCUT2D eigenvalue weighted by Gasteiger charge is -1.99. The Morgan fingerprint density at radius 1 is 1.57 bits per heavy atom. The first-order valence-electron chi connectivity index (χ1n) is 2.63. The predicted octanol–water partition coefficient (Wildman–Crippen LogP) is 2.42. The van der Waals surface area contributed by atoms with Crippen molar-refractivity contribution in [1.29, 1.82) is 0 Å². The van der Waals surface area contributed by atoms with Crippen molar-refractivity contribution in [2.24, 2.45) is 5.92 Å². The summed E-state index contributed by atoms with van der Waals surface area (Å²) in [4.78, 5) is 0. The van der Waals surface area contributed by atoms with Gasteiger partial charge in [0, 0.05) is 0 Å². The molecular formula is C7H13. The Labute approximate surface area is 46.2 Å². The van der Waals surface area contributed by atoms with Gasteiger partial charge in [-0.1, -0.05) is 26.0 Å². The number of hydrogen-bond acceptors (Lipinski definition) is 0. The van der Waals surface area contributed by atoms with E-state index in [0.29, 0.717) is 5.92 Å². The fourth-order valence-electron chi connectivity index (χ4n) is 0.569. The highest BCUT2D eigenvalue weighted by molar-refractivity contribution is 5.04. The number of allylic oxidation sites excluding steroid dienone is 1. The van der Waals surface area contributed by atoms with Crippen molar-refractivity contribution in [2.45, 2.75) is 20.8 Å². The molecule has 0 saturated carbocycles. The van der Waals surface area contributed by atoms with Crippen LogP contribution in [0.25, 0.3) is 0 Å². The zero-order valence-electron chi connectivity index (χ0n) is 5.36. The summed E-state index contributed by atoms with van der Waals surface area (Å²) in [7, 11) is 0. The molecule has 0 bridgehead atoms. The Morgan fingerprint density at radius 3 is 2.00 bits per heavy atom. The molecule has 0 spiro atoms. The van der Waals surface area contributed by atoms with E-state index in [4.69, 9.17) is 0 Å². The molecule has 0 saturated heterocycles. The predicted molar refractivity (Wildman–Crippen MR) is 34.0 cm³/mol. The van der Waals surface area contributed by atoms with Crippen molar-refractivity contribution in [3.05, 3.63) is 18.6 Å². The van der Waals surface area contributed by atoms with Gasteiger partial charge in [0.25, 0.3) is 0 Å². The first-order valence-corrected chi connectivity index (χ1v) is 2.63. The van der Waals surface area contributed by atoms with Crippen molar-refractivity contribution in [3.8, 4) is 0 Å². The molecule has 0 nitrogen and oxygen atoms in total. The molecule has 0 aliphatic rings. The summed E-state index contributed by atoms with van der Waals surface area (Å²) in [6.45, 7) is 10.0. The quantitative estimate of drug-likeness (QED) is 0.496. The molecular weight excluding hydrogens is 84.1 g/mol. The van der Waals surface area contributed by atoms with Crippen LogP contribution in [0, 0.1) is 12.3 Å². The van der Waals surface area contributed by atoms with Crippen LogP contribution in [-0.2, 0) is 0 Å². The lowest BCUT2D eigenvalue weighted by atomic mass is 10.1. The van der Waals surface area contributed by atoms with Gasteiger partial charge in [-0.05, 0) is 19.3 Å². The van der Waals surface area contributed by atoms with Crippen LogP contribution in [0.2, 0.25) is 0 Å². The van der Waals surface area contributed by atoms with E-state index in [9.17, 15) is 0 Å². The maximum Gasteiger partial charge on any atom is -0.0118 e. The van der Waals surface area contributed by atoms with Crippen LogP contribution in [0.15, 0.2) is 12.2 Å². The molecule has 0 N–H and O–H groups in total.